The van der Waals surface area contributed by atoms with Gasteiger partial charge in [0.2, 0.25) is 10.0 Å². The van der Waals surface area contributed by atoms with Gasteiger partial charge < -0.3 is 0 Å². The minimum absolute atomic E-state index is 0.0161. The van der Waals surface area contributed by atoms with Crippen molar-refractivity contribution in [3.05, 3.63) is 35.4 Å². The molecule has 4 heteroatoms. The molecule has 1 aromatic carbocycles. The SMILES string of the molecule is Cc1cccc([C@@H]2CCCCCN2S(C)(=O)=O)c1. The monoisotopic (exact) mass is 267 g/mol. The first-order chi connectivity index (χ1) is 8.48. The number of benzene rings is 1. The van der Waals surface area contributed by atoms with Crippen molar-refractivity contribution < 1.29 is 8.42 Å². The first kappa shape index (κ1) is 13.6. The van der Waals surface area contributed by atoms with Crippen LogP contribution in [0.25, 0.3) is 0 Å². The Morgan fingerprint density at radius 1 is 1.22 bits per heavy atom. The lowest BCUT2D eigenvalue weighted by atomic mass is 10.0. The predicted molar refractivity (Wildman–Crippen MR) is 73.9 cm³/mol. The van der Waals surface area contributed by atoms with Gasteiger partial charge in [0.25, 0.3) is 0 Å². The van der Waals surface area contributed by atoms with Crippen LogP contribution in [0.1, 0.15) is 42.9 Å². The molecule has 1 saturated heterocycles. The van der Waals surface area contributed by atoms with E-state index < -0.39 is 10.0 Å². The third-order valence-electron chi connectivity index (χ3n) is 3.56. The van der Waals surface area contributed by atoms with Crippen molar-refractivity contribution in [2.45, 2.75) is 38.6 Å². The van der Waals surface area contributed by atoms with Gasteiger partial charge in [0.15, 0.2) is 0 Å². The van der Waals surface area contributed by atoms with Crippen LogP contribution < -0.4 is 0 Å². The summed E-state index contributed by atoms with van der Waals surface area (Å²) in [7, 11) is -3.13. The maximum Gasteiger partial charge on any atom is 0.211 e. The summed E-state index contributed by atoms with van der Waals surface area (Å²) in [6.45, 7) is 2.70. The fraction of sp³-hybridized carbons (Fsp3) is 0.571. The topological polar surface area (TPSA) is 37.4 Å². The van der Waals surface area contributed by atoms with E-state index in [0.717, 1.165) is 31.2 Å². The summed E-state index contributed by atoms with van der Waals surface area (Å²) >= 11 is 0. The molecular formula is C14H21NO2S. The molecule has 0 N–H and O–H groups in total. The summed E-state index contributed by atoms with van der Waals surface area (Å²) in [5.74, 6) is 0. The molecule has 0 amide bonds. The standard InChI is InChI=1S/C14H21NO2S/c1-12-7-6-8-13(11-12)14-9-4-3-5-10-15(14)18(2,16)17/h6-8,11,14H,3-5,9-10H2,1-2H3/t14-/m0/s1. The Kier molecular flexibility index (Phi) is 4.07. The van der Waals surface area contributed by atoms with Gasteiger partial charge in [0, 0.05) is 12.6 Å². The Hall–Kier alpha value is -0.870. The molecule has 0 spiro atoms. The maximum atomic E-state index is 11.9. The Morgan fingerprint density at radius 3 is 2.67 bits per heavy atom. The lowest BCUT2D eigenvalue weighted by molar-refractivity contribution is 0.331. The third-order valence-corrected chi connectivity index (χ3v) is 4.85. The summed E-state index contributed by atoms with van der Waals surface area (Å²) in [6.07, 6.45) is 5.44. The highest BCUT2D eigenvalue weighted by Crippen LogP contribution is 2.32. The second-order valence-corrected chi connectivity index (χ2v) is 7.09. The molecule has 0 aromatic heterocycles. The van der Waals surface area contributed by atoms with E-state index in [1.54, 1.807) is 4.31 Å². The van der Waals surface area contributed by atoms with E-state index >= 15 is 0 Å². The average Bonchev–Trinajstić information content (AvgIpc) is 2.53. The Balaban J connectivity index is 2.37. The van der Waals surface area contributed by atoms with Crippen molar-refractivity contribution in [2.75, 3.05) is 12.8 Å². The number of hydrogen-bond donors (Lipinski definition) is 0. The van der Waals surface area contributed by atoms with Crippen LogP contribution in [0.2, 0.25) is 0 Å². The summed E-state index contributed by atoms with van der Waals surface area (Å²) in [4.78, 5) is 0. The minimum atomic E-state index is -3.13. The van der Waals surface area contributed by atoms with Gasteiger partial charge in [-0.05, 0) is 25.3 Å². The summed E-state index contributed by atoms with van der Waals surface area (Å²) < 4.78 is 25.5. The van der Waals surface area contributed by atoms with Crippen LogP contribution in [-0.4, -0.2) is 25.5 Å². The molecule has 1 aliphatic rings. The quantitative estimate of drug-likeness (QED) is 0.826. The maximum absolute atomic E-state index is 11.9. The van der Waals surface area contributed by atoms with E-state index in [-0.39, 0.29) is 6.04 Å². The molecule has 3 nitrogen and oxygen atoms in total. The minimum Gasteiger partial charge on any atom is -0.212 e. The first-order valence-corrected chi connectivity index (χ1v) is 8.37. The molecule has 0 bridgehead atoms. The van der Waals surface area contributed by atoms with E-state index in [9.17, 15) is 8.42 Å². The molecule has 1 aliphatic heterocycles. The van der Waals surface area contributed by atoms with Crippen molar-refractivity contribution in [2.24, 2.45) is 0 Å². The second-order valence-electron chi connectivity index (χ2n) is 5.15. The lowest BCUT2D eigenvalue weighted by Crippen LogP contribution is -2.33. The highest BCUT2D eigenvalue weighted by Gasteiger charge is 2.29. The van der Waals surface area contributed by atoms with Crippen molar-refractivity contribution in [3.8, 4) is 0 Å². The average molecular weight is 267 g/mol. The Labute approximate surface area is 110 Å². The van der Waals surface area contributed by atoms with Gasteiger partial charge >= 0.3 is 0 Å². The number of rotatable bonds is 2. The van der Waals surface area contributed by atoms with Crippen LogP contribution in [0.5, 0.6) is 0 Å². The van der Waals surface area contributed by atoms with Gasteiger partial charge in [-0.2, -0.15) is 4.31 Å². The largest absolute Gasteiger partial charge is 0.212 e. The molecule has 18 heavy (non-hydrogen) atoms. The number of aryl methyl sites for hydroxylation is 1. The zero-order valence-electron chi connectivity index (χ0n) is 11.1. The van der Waals surface area contributed by atoms with Crippen LogP contribution in [0.15, 0.2) is 24.3 Å². The Morgan fingerprint density at radius 2 is 2.00 bits per heavy atom. The van der Waals surface area contributed by atoms with Gasteiger partial charge in [-0.1, -0.05) is 42.7 Å². The van der Waals surface area contributed by atoms with Crippen LogP contribution in [-0.2, 0) is 10.0 Å². The van der Waals surface area contributed by atoms with E-state index in [1.165, 1.54) is 11.8 Å². The summed E-state index contributed by atoms with van der Waals surface area (Å²) in [5, 5.41) is 0. The van der Waals surface area contributed by atoms with Crippen LogP contribution in [0.4, 0.5) is 0 Å². The fourth-order valence-corrected chi connectivity index (χ4v) is 3.84. The molecule has 0 radical (unpaired) electrons. The zero-order chi connectivity index (χ0) is 13.2. The molecule has 0 saturated carbocycles. The van der Waals surface area contributed by atoms with Gasteiger partial charge in [-0.15, -0.1) is 0 Å². The number of nitrogens with zero attached hydrogens (tertiary/aromatic N) is 1. The molecule has 1 heterocycles. The van der Waals surface area contributed by atoms with Crippen molar-refractivity contribution in [1.29, 1.82) is 0 Å². The van der Waals surface area contributed by atoms with Gasteiger partial charge in [-0.3, -0.25) is 0 Å². The molecule has 2 rings (SSSR count). The third kappa shape index (κ3) is 3.12. The summed E-state index contributed by atoms with van der Waals surface area (Å²) in [6, 6.07) is 8.22. The zero-order valence-corrected chi connectivity index (χ0v) is 11.9. The highest BCUT2D eigenvalue weighted by molar-refractivity contribution is 7.88. The highest BCUT2D eigenvalue weighted by atomic mass is 32.2. The first-order valence-electron chi connectivity index (χ1n) is 6.52. The van der Waals surface area contributed by atoms with Crippen molar-refractivity contribution in [1.82, 2.24) is 4.31 Å². The number of sulfonamides is 1. The molecule has 100 valence electrons. The molecule has 0 unspecified atom stereocenters. The van der Waals surface area contributed by atoms with Gasteiger partial charge in [-0.25, -0.2) is 8.42 Å². The molecular weight excluding hydrogens is 246 g/mol. The predicted octanol–water partition coefficient (Wildman–Crippen LogP) is 2.87. The molecule has 1 aromatic rings. The molecule has 1 fully saturated rings. The second kappa shape index (κ2) is 5.41. The van der Waals surface area contributed by atoms with Gasteiger partial charge in [0.05, 0.1) is 6.26 Å². The molecule has 0 aliphatic carbocycles. The Bertz CT molecular complexity index is 510. The van der Waals surface area contributed by atoms with Crippen molar-refractivity contribution >= 4 is 10.0 Å². The van der Waals surface area contributed by atoms with Crippen LogP contribution in [0, 0.1) is 6.92 Å². The van der Waals surface area contributed by atoms with Crippen molar-refractivity contribution in [3.63, 3.8) is 0 Å². The normalized spacial score (nSPS) is 22.7. The smallest absolute Gasteiger partial charge is 0.211 e. The van der Waals surface area contributed by atoms with Crippen LogP contribution >= 0.6 is 0 Å². The molecule has 1 atom stereocenters. The fourth-order valence-electron chi connectivity index (χ4n) is 2.69. The van der Waals surface area contributed by atoms with E-state index in [4.69, 9.17) is 0 Å². The van der Waals surface area contributed by atoms with E-state index in [1.807, 2.05) is 25.1 Å². The van der Waals surface area contributed by atoms with Gasteiger partial charge in [0.1, 0.15) is 0 Å². The van der Waals surface area contributed by atoms with E-state index in [0.29, 0.717) is 6.54 Å². The number of hydrogen-bond acceptors (Lipinski definition) is 2. The lowest BCUT2D eigenvalue weighted by Gasteiger charge is -2.28. The van der Waals surface area contributed by atoms with Crippen LogP contribution in [0.3, 0.4) is 0 Å². The van der Waals surface area contributed by atoms with E-state index in [2.05, 4.69) is 6.07 Å². The summed E-state index contributed by atoms with van der Waals surface area (Å²) in [5.41, 5.74) is 2.31.